The highest BCUT2D eigenvalue weighted by Crippen LogP contribution is 2.22. The van der Waals surface area contributed by atoms with Gasteiger partial charge in [-0.05, 0) is 43.7 Å². The van der Waals surface area contributed by atoms with E-state index in [2.05, 4.69) is 0 Å². The number of primary amides is 1. The zero-order valence-corrected chi connectivity index (χ0v) is 13.8. The van der Waals surface area contributed by atoms with E-state index >= 15 is 0 Å². The van der Waals surface area contributed by atoms with Crippen molar-refractivity contribution < 1.29 is 14.7 Å². The quantitative estimate of drug-likeness (QED) is 0.855. The topological polar surface area (TPSA) is 83.6 Å². The molecule has 2 atom stereocenters. The van der Waals surface area contributed by atoms with Crippen LogP contribution in [0, 0.1) is 0 Å². The van der Waals surface area contributed by atoms with E-state index in [0.29, 0.717) is 17.7 Å². The van der Waals surface area contributed by atoms with Gasteiger partial charge in [0, 0.05) is 17.7 Å². The molecule has 126 valence electrons. The van der Waals surface area contributed by atoms with Gasteiger partial charge in [0.25, 0.3) is 5.91 Å². The Morgan fingerprint density at radius 2 is 1.58 bits per heavy atom. The van der Waals surface area contributed by atoms with Crippen LogP contribution >= 0.6 is 0 Å². The van der Waals surface area contributed by atoms with Crippen molar-refractivity contribution in [1.29, 1.82) is 0 Å². The Bertz CT molecular complexity index is 698. The van der Waals surface area contributed by atoms with Crippen molar-refractivity contribution in [3.8, 4) is 0 Å². The third-order valence-corrected chi connectivity index (χ3v) is 4.11. The van der Waals surface area contributed by atoms with Gasteiger partial charge in [0.05, 0.1) is 12.1 Å². The van der Waals surface area contributed by atoms with Gasteiger partial charge in [-0.2, -0.15) is 0 Å². The Balaban J connectivity index is 2.20. The summed E-state index contributed by atoms with van der Waals surface area (Å²) in [6, 6.07) is 15.1. The van der Waals surface area contributed by atoms with Crippen LogP contribution in [0.2, 0.25) is 0 Å². The second-order valence-electron chi connectivity index (χ2n) is 5.63. The molecule has 5 nitrogen and oxygen atoms in total. The van der Waals surface area contributed by atoms with Crippen LogP contribution in [0.5, 0.6) is 0 Å². The first kappa shape index (κ1) is 17.7. The van der Waals surface area contributed by atoms with Gasteiger partial charge in [-0.25, -0.2) is 0 Å². The number of likely N-dealkylation sites (N-methyl/N-ethyl adjacent to an activating group) is 1. The molecule has 0 unspecified atom stereocenters. The molecule has 0 aliphatic heterocycles. The summed E-state index contributed by atoms with van der Waals surface area (Å²) in [5.41, 5.74) is 6.78. The lowest BCUT2D eigenvalue weighted by atomic mass is 10.0. The summed E-state index contributed by atoms with van der Waals surface area (Å²) in [4.78, 5) is 25.5. The molecular formula is C19H22N2O3. The molecule has 0 saturated heterocycles. The summed E-state index contributed by atoms with van der Waals surface area (Å²) in [7, 11) is 0. The maximum Gasteiger partial charge on any atom is 0.254 e. The van der Waals surface area contributed by atoms with Crippen LogP contribution in [-0.2, 0) is 0 Å². The van der Waals surface area contributed by atoms with Gasteiger partial charge in [-0.1, -0.05) is 30.3 Å². The summed E-state index contributed by atoms with van der Waals surface area (Å²) in [6.07, 6.45) is -0.778. The van der Waals surface area contributed by atoms with Crippen molar-refractivity contribution >= 4 is 11.8 Å². The van der Waals surface area contributed by atoms with Gasteiger partial charge in [0.2, 0.25) is 5.91 Å². The molecule has 0 bridgehead atoms. The standard InChI is InChI=1S/C19H22N2O3/c1-3-21(13(2)17(22)14-7-5-4-6-8-14)19(24)16-11-9-15(10-12-16)18(20)23/h4-13,17,22H,3H2,1-2H3,(H2,20,23)/t13-,17+/m0/s1. The SMILES string of the molecule is CCN(C(=O)c1ccc(C(N)=O)cc1)[C@@H](C)[C@@H](O)c1ccccc1. The van der Waals surface area contributed by atoms with Crippen LogP contribution in [0.25, 0.3) is 0 Å². The summed E-state index contributed by atoms with van der Waals surface area (Å²) in [5.74, 6) is -0.731. The molecule has 0 heterocycles. The second kappa shape index (κ2) is 7.75. The van der Waals surface area contributed by atoms with Gasteiger partial charge in [0.15, 0.2) is 0 Å². The molecule has 3 N–H and O–H groups in total. The van der Waals surface area contributed by atoms with E-state index in [1.165, 1.54) is 12.1 Å². The first-order valence-corrected chi connectivity index (χ1v) is 7.89. The molecule has 0 saturated carbocycles. The monoisotopic (exact) mass is 326 g/mol. The Labute approximate surface area is 141 Å². The molecule has 2 amide bonds. The van der Waals surface area contributed by atoms with Crippen LogP contribution in [0.4, 0.5) is 0 Å². The highest BCUT2D eigenvalue weighted by molar-refractivity contribution is 5.97. The van der Waals surface area contributed by atoms with Crippen molar-refractivity contribution in [3.63, 3.8) is 0 Å². The van der Waals surface area contributed by atoms with E-state index in [-0.39, 0.29) is 11.9 Å². The van der Waals surface area contributed by atoms with Gasteiger partial charge < -0.3 is 15.7 Å². The molecule has 2 rings (SSSR count). The number of benzene rings is 2. The average Bonchev–Trinajstić information content (AvgIpc) is 2.62. The Morgan fingerprint density at radius 1 is 1.04 bits per heavy atom. The highest BCUT2D eigenvalue weighted by Gasteiger charge is 2.26. The van der Waals surface area contributed by atoms with E-state index in [1.807, 2.05) is 44.2 Å². The zero-order valence-electron chi connectivity index (χ0n) is 13.8. The van der Waals surface area contributed by atoms with E-state index < -0.39 is 12.0 Å². The number of aliphatic hydroxyl groups excluding tert-OH is 1. The fourth-order valence-corrected chi connectivity index (χ4v) is 2.66. The second-order valence-corrected chi connectivity index (χ2v) is 5.63. The lowest BCUT2D eigenvalue weighted by Gasteiger charge is -2.32. The average molecular weight is 326 g/mol. The Morgan fingerprint density at radius 3 is 2.08 bits per heavy atom. The van der Waals surface area contributed by atoms with Crippen molar-refractivity contribution in [2.24, 2.45) is 5.73 Å². The molecule has 24 heavy (non-hydrogen) atoms. The molecule has 0 aromatic heterocycles. The van der Waals surface area contributed by atoms with Crippen molar-refractivity contribution in [3.05, 3.63) is 71.3 Å². The van der Waals surface area contributed by atoms with Gasteiger partial charge >= 0.3 is 0 Å². The number of hydrogen-bond donors (Lipinski definition) is 2. The third-order valence-electron chi connectivity index (χ3n) is 4.11. The van der Waals surface area contributed by atoms with Crippen molar-refractivity contribution in [2.45, 2.75) is 26.0 Å². The molecular weight excluding hydrogens is 304 g/mol. The Hall–Kier alpha value is -2.66. The van der Waals surface area contributed by atoms with Gasteiger partial charge in [0.1, 0.15) is 0 Å². The van der Waals surface area contributed by atoms with E-state index in [9.17, 15) is 14.7 Å². The van der Waals surface area contributed by atoms with Crippen LogP contribution in [0.15, 0.2) is 54.6 Å². The number of rotatable bonds is 6. The minimum Gasteiger partial charge on any atom is -0.386 e. The number of nitrogens with zero attached hydrogens (tertiary/aromatic N) is 1. The number of carbonyl (C=O) groups is 2. The van der Waals surface area contributed by atoms with E-state index in [1.54, 1.807) is 17.0 Å². The molecule has 0 spiro atoms. The minimum atomic E-state index is -0.778. The molecule has 5 heteroatoms. The Kier molecular flexibility index (Phi) is 5.71. The van der Waals surface area contributed by atoms with Gasteiger partial charge in [-0.3, -0.25) is 9.59 Å². The fraction of sp³-hybridized carbons (Fsp3) is 0.263. The van der Waals surface area contributed by atoms with Crippen LogP contribution in [0.3, 0.4) is 0 Å². The van der Waals surface area contributed by atoms with Crippen molar-refractivity contribution in [2.75, 3.05) is 6.54 Å². The smallest absolute Gasteiger partial charge is 0.254 e. The summed E-state index contributed by atoms with van der Waals surface area (Å²) >= 11 is 0. The molecule has 2 aromatic carbocycles. The maximum absolute atomic E-state index is 12.7. The van der Waals surface area contributed by atoms with Crippen LogP contribution in [0.1, 0.15) is 46.2 Å². The highest BCUT2D eigenvalue weighted by atomic mass is 16.3. The predicted octanol–water partition coefficient (Wildman–Crippen LogP) is 2.37. The third kappa shape index (κ3) is 3.81. The van der Waals surface area contributed by atoms with Gasteiger partial charge in [-0.15, -0.1) is 0 Å². The lowest BCUT2D eigenvalue weighted by Crippen LogP contribution is -2.42. The van der Waals surface area contributed by atoms with E-state index in [4.69, 9.17) is 5.73 Å². The summed E-state index contributed by atoms with van der Waals surface area (Å²) in [6.45, 7) is 4.14. The summed E-state index contributed by atoms with van der Waals surface area (Å²) in [5, 5.41) is 10.5. The van der Waals surface area contributed by atoms with Crippen LogP contribution in [-0.4, -0.2) is 34.4 Å². The number of nitrogens with two attached hydrogens (primary N) is 1. The first-order valence-electron chi connectivity index (χ1n) is 7.89. The largest absolute Gasteiger partial charge is 0.386 e. The predicted molar refractivity (Wildman–Crippen MR) is 92.5 cm³/mol. The number of aliphatic hydroxyl groups is 1. The summed E-state index contributed by atoms with van der Waals surface area (Å²) < 4.78 is 0. The molecule has 0 aliphatic rings. The molecule has 0 radical (unpaired) electrons. The van der Waals surface area contributed by atoms with E-state index in [0.717, 1.165) is 5.56 Å². The number of hydrogen-bond acceptors (Lipinski definition) is 3. The molecule has 0 fully saturated rings. The number of amides is 2. The van der Waals surface area contributed by atoms with Crippen molar-refractivity contribution in [1.82, 2.24) is 4.90 Å². The normalized spacial score (nSPS) is 13.1. The fourth-order valence-electron chi connectivity index (χ4n) is 2.66. The minimum absolute atomic E-state index is 0.198. The lowest BCUT2D eigenvalue weighted by molar-refractivity contribution is 0.0419. The molecule has 2 aromatic rings. The maximum atomic E-state index is 12.7. The van der Waals surface area contributed by atoms with Crippen LogP contribution < -0.4 is 5.73 Å². The molecule has 0 aliphatic carbocycles. The number of carbonyl (C=O) groups excluding carboxylic acids is 2. The zero-order chi connectivity index (χ0) is 17.7. The first-order chi connectivity index (χ1) is 11.5.